The van der Waals surface area contributed by atoms with E-state index in [2.05, 4.69) is 29.1 Å². The summed E-state index contributed by atoms with van der Waals surface area (Å²) in [4.78, 5) is 34.0. The van der Waals surface area contributed by atoms with Crippen LogP contribution in [0.2, 0.25) is 0 Å². The second-order valence-corrected chi connectivity index (χ2v) is 7.77. The Bertz CT molecular complexity index is 1050. The molecule has 1 amide bonds. The molecule has 1 aliphatic heterocycles. The molecule has 26 heavy (non-hydrogen) atoms. The molecule has 0 saturated carbocycles. The highest BCUT2D eigenvalue weighted by Gasteiger charge is 2.16. The highest BCUT2D eigenvalue weighted by Crippen LogP contribution is 2.21. The molecular weight excluding hydrogens is 348 g/mol. The monoisotopic (exact) mass is 368 g/mol. The molecule has 134 valence electrons. The molecule has 0 fully saturated rings. The molecule has 2 aromatic heterocycles. The zero-order chi connectivity index (χ0) is 18.3. The van der Waals surface area contributed by atoms with Crippen molar-refractivity contribution in [3.63, 3.8) is 0 Å². The van der Waals surface area contributed by atoms with Crippen LogP contribution in [0.5, 0.6) is 0 Å². The smallest absolute Gasteiger partial charge is 0.261 e. The van der Waals surface area contributed by atoms with E-state index in [-0.39, 0.29) is 17.9 Å². The van der Waals surface area contributed by atoms with Crippen molar-refractivity contribution >= 4 is 33.8 Å². The van der Waals surface area contributed by atoms with Crippen LogP contribution in [0.25, 0.3) is 10.9 Å². The van der Waals surface area contributed by atoms with E-state index in [1.807, 2.05) is 5.38 Å². The van der Waals surface area contributed by atoms with Crippen LogP contribution in [0.15, 0.2) is 28.4 Å². The Morgan fingerprint density at radius 3 is 2.96 bits per heavy atom. The average molecular weight is 368 g/mol. The van der Waals surface area contributed by atoms with Gasteiger partial charge in [0.15, 0.2) is 0 Å². The Kier molecular flexibility index (Phi) is 4.32. The first kappa shape index (κ1) is 16.9. The summed E-state index contributed by atoms with van der Waals surface area (Å²) in [5.74, 6) is 1.07. The third-order valence-corrected chi connectivity index (χ3v) is 5.70. The van der Waals surface area contributed by atoms with Crippen LogP contribution in [0.3, 0.4) is 0 Å². The van der Waals surface area contributed by atoms with Crippen LogP contribution in [0.1, 0.15) is 42.7 Å². The number of rotatable bonds is 4. The van der Waals surface area contributed by atoms with Gasteiger partial charge in [-0.05, 0) is 24.6 Å². The molecule has 3 heterocycles. The summed E-state index contributed by atoms with van der Waals surface area (Å²) in [6.07, 6.45) is 2.02. The van der Waals surface area contributed by atoms with Gasteiger partial charge in [0.1, 0.15) is 5.82 Å². The van der Waals surface area contributed by atoms with E-state index in [1.54, 1.807) is 34.1 Å². The number of hydrogen-bond acceptors (Lipinski definition) is 5. The number of aryl methyl sites for hydroxylation is 1. The van der Waals surface area contributed by atoms with Crippen molar-refractivity contribution in [3.05, 3.63) is 50.5 Å². The molecule has 4 rings (SSSR count). The van der Waals surface area contributed by atoms with Crippen molar-refractivity contribution in [2.24, 2.45) is 0 Å². The molecule has 0 bridgehead atoms. The minimum atomic E-state index is -0.140. The fraction of sp³-hybridized carbons (Fsp3) is 0.368. The summed E-state index contributed by atoms with van der Waals surface area (Å²) in [5.41, 5.74) is 2.04. The molecule has 6 nitrogen and oxygen atoms in total. The Balaban J connectivity index is 1.55. The lowest BCUT2D eigenvalue weighted by molar-refractivity contribution is -0.115. The number of carbonyl (C=O) groups is 1. The number of benzene rings is 1. The maximum Gasteiger partial charge on any atom is 0.261 e. The van der Waals surface area contributed by atoms with Gasteiger partial charge in [0.05, 0.1) is 28.0 Å². The summed E-state index contributed by atoms with van der Waals surface area (Å²) < 4.78 is 1.73. The second-order valence-electron chi connectivity index (χ2n) is 6.88. The van der Waals surface area contributed by atoms with Crippen molar-refractivity contribution in [2.75, 3.05) is 5.32 Å². The summed E-state index contributed by atoms with van der Waals surface area (Å²) in [6.45, 7) is 4.89. The third kappa shape index (κ3) is 3.14. The first-order chi connectivity index (χ1) is 12.5. The minimum absolute atomic E-state index is 0.0281. The molecule has 0 aliphatic carbocycles. The van der Waals surface area contributed by atoms with Gasteiger partial charge in [-0.2, -0.15) is 0 Å². The van der Waals surface area contributed by atoms with Crippen LogP contribution in [-0.4, -0.2) is 20.4 Å². The van der Waals surface area contributed by atoms with E-state index >= 15 is 0 Å². The Labute approximate surface area is 154 Å². The first-order valence-corrected chi connectivity index (χ1v) is 9.67. The van der Waals surface area contributed by atoms with Gasteiger partial charge in [0.25, 0.3) is 5.56 Å². The topological polar surface area (TPSA) is 76.9 Å². The second kappa shape index (κ2) is 6.64. The van der Waals surface area contributed by atoms with Crippen LogP contribution in [-0.2, 0) is 24.2 Å². The summed E-state index contributed by atoms with van der Waals surface area (Å²) in [6, 6.07) is 5.30. The number of anilines is 1. The normalized spacial score (nSPS) is 13.3. The molecular formula is C19H20N4O2S. The zero-order valence-corrected chi connectivity index (χ0v) is 15.6. The highest BCUT2D eigenvalue weighted by atomic mass is 32.1. The lowest BCUT2D eigenvalue weighted by Gasteiger charge is -2.08. The fourth-order valence-corrected chi connectivity index (χ4v) is 4.03. The zero-order valence-electron chi connectivity index (χ0n) is 14.8. The van der Waals surface area contributed by atoms with Gasteiger partial charge in [-0.15, -0.1) is 11.3 Å². The number of amides is 1. The Morgan fingerprint density at radius 2 is 2.19 bits per heavy atom. The maximum atomic E-state index is 12.6. The summed E-state index contributed by atoms with van der Waals surface area (Å²) in [7, 11) is 0. The van der Waals surface area contributed by atoms with E-state index in [0.29, 0.717) is 22.5 Å². The van der Waals surface area contributed by atoms with Gasteiger partial charge < -0.3 is 5.32 Å². The first-order valence-electron chi connectivity index (χ1n) is 8.79. The van der Waals surface area contributed by atoms with Gasteiger partial charge in [-0.25, -0.2) is 9.97 Å². The van der Waals surface area contributed by atoms with Crippen LogP contribution >= 0.6 is 11.3 Å². The van der Waals surface area contributed by atoms with Crippen molar-refractivity contribution in [1.29, 1.82) is 0 Å². The molecule has 0 unspecified atom stereocenters. The maximum absolute atomic E-state index is 12.6. The number of aromatic nitrogens is 3. The van der Waals surface area contributed by atoms with Gasteiger partial charge in [0, 0.05) is 30.0 Å². The highest BCUT2D eigenvalue weighted by molar-refractivity contribution is 7.09. The van der Waals surface area contributed by atoms with Crippen molar-refractivity contribution in [1.82, 2.24) is 14.5 Å². The molecule has 0 atom stereocenters. The van der Waals surface area contributed by atoms with E-state index in [1.165, 1.54) is 0 Å². The quantitative estimate of drug-likeness (QED) is 0.768. The molecule has 0 spiro atoms. The Morgan fingerprint density at radius 1 is 1.35 bits per heavy atom. The molecule has 1 aromatic carbocycles. The SMILES string of the molecule is CC(C)c1nc(CC(=O)Nc2ccc3nc4n(c(=O)c3c2)CCC4)cs1. The van der Waals surface area contributed by atoms with Crippen LogP contribution < -0.4 is 10.9 Å². The number of carbonyl (C=O) groups excluding carboxylic acids is 1. The van der Waals surface area contributed by atoms with Gasteiger partial charge in [-0.3, -0.25) is 14.2 Å². The molecule has 1 aliphatic rings. The van der Waals surface area contributed by atoms with Crippen molar-refractivity contribution in [2.45, 2.75) is 45.6 Å². The van der Waals surface area contributed by atoms with Crippen molar-refractivity contribution in [3.8, 4) is 0 Å². The van der Waals surface area contributed by atoms with Crippen LogP contribution in [0, 0.1) is 0 Å². The minimum Gasteiger partial charge on any atom is -0.326 e. The standard InChI is InChI=1S/C19H20N4O2S/c1-11(2)18-21-13(10-26-18)9-17(24)20-12-5-6-15-14(8-12)19(25)23-7-3-4-16(23)22-15/h5-6,8,10-11H,3-4,7,9H2,1-2H3,(H,20,24). The van der Waals surface area contributed by atoms with E-state index < -0.39 is 0 Å². The largest absolute Gasteiger partial charge is 0.326 e. The predicted molar refractivity (Wildman–Crippen MR) is 103 cm³/mol. The molecule has 0 saturated heterocycles. The number of nitrogens with zero attached hydrogens (tertiary/aromatic N) is 3. The lowest BCUT2D eigenvalue weighted by Crippen LogP contribution is -2.21. The molecule has 3 aromatic rings. The summed E-state index contributed by atoms with van der Waals surface area (Å²) in [5, 5.41) is 6.37. The third-order valence-electron chi connectivity index (χ3n) is 4.50. The summed E-state index contributed by atoms with van der Waals surface area (Å²) >= 11 is 1.58. The van der Waals surface area contributed by atoms with Crippen molar-refractivity contribution < 1.29 is 4.79 Å². The van der Waals surface area contributed by atoms with Gasteiger partial charge in [-0.1, -0.05) is 13.8 Å². The molecule has 0 radical (unpaired) electrons. The number of thiazole rings is 1. The number of hydrogen-bond donors (Lipinski definition) is 1. The molecule has 7 heteroatoms. The Hall–Kier alpha value is -2.54. The molecule has 1 N–H and O–H groups in total. The van der Waals surface area contributed by atoms with Crippen LogP contribution in [0.4, 0.5) is 5.69 Å². The van der Waals surface area contributed by atoms with Gasteiger partial charge in [0.2, 0.25) is 5.91 Å². The van der Waals surface area contributed by atoms with Gasteiger partial charge >= 0.3 is 0 Å². The van der Waals surface area contributed by atoms with E-state index in [0.717, 1.165) is 35.9 Å². The fourth-order valence-electron chi connectivity index (χ4n) is 3.20. The van der Waals surface area contributed by atoms with E-state index in [9.17, 15) is 9.59 Å². The predicted octanol–water partition coefficient (Wildman–Crippen LogP) is 3.10. The number of nitrogens with one attached hydrogen (secondary N) is 1. The average Bonchev–Trinajstić information content (AvgIpc) is 3.25. The number of fused-ring (bicyclic) bond motifs is 2. The van der Waals surface area contributed by atoms with E-state index in [4.69, 9.17) is 0 Å². The lowest BCUT2D eigenvalue weighted by atomic mass is 10.2.